The zero-order chi connectivity index (χ0) is 12.7. The summed E-state index contributed by atoms with van der Waals surface area (Å²) in [6.45, 7) is 6.89. The van der Waals surface area contributed by atoms with Crippen LogP contribution in [-0.2, 0) is 0 Å². The summed E-state index contributed by atoms with van der Waals surface area (Å²) in [5, 5.41) is 4.54. The molecule has 1 N–H and O–H groups in total. The van der Waals surface area contributed by atoms with Gasteiger partial charge in [-0.05, 0) is 12.1 Å². The van der Waals surface area contributed by atoms with Crippen molar-refractivity contribution in [3.8, 4) is 0 Å². The van der Waals surface area contributed by atoms with E-state index in [4.69, 9.17) is 4.98 Å². The lowest BCUT2D eigenvalue weighted by molar-refractivity contribution is 0.138. The molecule has 0 amide bonds. The number of thiazole rings is 1. The maximum atomic E-state index is 4.75. The zero-order valence-electron chi connectivity index (χ0n) is 10.9. The number of hydrogen-bond acceptors (Lipinski definition) is 5. The molecule has 19 heavy (non-hydrogen) atoms. The van der Waals surface area contributed by atoms with E-state index in [9.17, 15) is 0 Å². The standard InChI is InChI=1S/C14H18N4S/c1-2-4-13-12(3-1)16-14(19-13)18-7-5-17(6-8-18)11-9-15-10-11/h1-4,11,15H,5-10H2. The molecule has 1 aromatic heterocycles. The Morgan fingerprint density at radius 2 is 1.89 bits per heavy atom. The van der Waals surface area contributed by atoms with Crippen LogP contribution in [0.2, 0.25) is 0 Å². The molecule has 4 rings (SSSR count). The normalized spacial score (nSPS) is 21.8. The van der Waals surface area contributed by atoms with E-state index in [2.05, 4.69) is 39.4 Å². The first-order valence-corrected chi connectivity index (χ1v) is 7.77. The third-order valence-corrected chi connectivity index (χ3v) is 5.24. The van der Waals surface area contributed by atoms with Crippen molar-refractivity contribution in [2.45, 2.75) is 6.04 Å². The maximum Gasteiger partial charge on any atom is 0.186 e. The number of anilines is 1. The summed E-state index contributed by atoms with van der Waals surface area (Å²) in [6, 6.07) is 9.19. The molecule has 2 aromatic rings. The molecule has 2 fully saturated rings. The molecule has 0 aliphatic carbocycles. The van der Waals surface area contributed by atoms with Gasteiger partial charge in [0.15, 0.2) is 5.13 Å². The zero-order valence-corrected chi connectivity index (χ0v) is 11.7. The van der Waals surface area contributed by atoms with Gasteiger partial charge in [0.05, 0.1) is 10.2 Å². The highest BCUT2D eigenvalue weighted by Gasteiger charge is 2.28. The van der Waals surface area contributed by atoms with E-state index in [1.165, 1.54) is 36.0 Å². The Morgan fingerprint density at radius 1 is 1.11 bits per heavy atom. The minimum atomic E-state index is 0.775. The van der Waals surface area contributed by atoms with Gasteiger partial charge in [0.2, 0.25) is 0 Å². The van der Waals surface area contributed by atoms with Crippen molar-refractivity contribution in [2.75, 3.05) is 44.2 Å². The molecule has 0 atom stereocenters. The van der Waals surface area contributed by atoms with Crippen molar-refractivity contribution in [1.82, 2.24) is 15.2 Å². The highest BCUT2D eigenvalue weighted by molar-refractivity contribution is 7.22. The van der Waals surface area contributed by atoms with Gasteiger partial charge in [0.1, 0.15) is 0 Å². The van der Waals surface area contributed by atoms with Crippen LogP contribution in [0.1, 0.15) is 0 Å². The van der Waals surface area contributed by atoms with Gasteiger partial charge in [0.25, 0.3) is 0 Å². The average molecular weight is 274 g/mol. The molecule has 0 radical (unpaired) electrons. The fourth-order valence-electron chi connectivity index (χ4n) is 2.81. The lowest BCUT2D eigenvalue weighted by Crippen LogP contribution is -2.61. The molecule has 100 valence electrons. The van der Waals surface area contributed by atoms with Crippen molar-refractivity contribution in [3.63, 3.8) is 0 Å². The largest absolute Gasteiger partial charge is 0.345 e. The Bertz CT molecular complexity index is 537. The average Bonchev–Trinajstić information content (AvgIpc) is 2.81. The molecule has 5 heteroatoms. The van der Waals surface area contributed by atoms with E-state index in [-0.39, 0.29) is 0 Å². The van der Waals surface area contributed by atoms with Crippen molar-refractivity contribution < 1.29 is 0 Å². The van der Waals surface area contributed by atoms with Crippen LogP contribution in [-0.4, -0.2) is 55.2 Å². The van der Waals surface area contributed by atoms with Gasteiger partial charge in [0, 0.05) is 45.3 Å². The highest BCUT2D eigenvalue weighted by atomic mass is 32.1. The van der Waals surface area contributed by atoms with Crippen LogP contribution >= 0.6 is 11.3 Å². The van der Waals surface area contributed by atoms with Gasteiger partial charge in [-0.2, -0.15) is 0 Å². The lowest BCUT2D eigenvalue weighted by atomic mass is 10.1. The van der Waals surface area contributed by atoms with Crippen molar-refractivity contribution in [3.05, 3.63) is 24.3 Å². The van der Waals surface area contributed by atoms with Crippen LogP contribution in [0.5, 0.6) is 0 Å². The second kappa shape index (κ2) is 4.74. The van der Waals surface area contributed by atoms with Gasteiger partial charge in [-0.1, -0.05) is 23.5 Å². The first kappa shape index (κ1) is 11.6. The molecule has 2 saturated heterocycles. The quantitative estimate of drug-likeness (QED) is 0.897. The molecular formula is C14H18N4S. The van der Waals surface area contributed by atoms with Gasteiger partial charge in [-0.3, -0.25) is 4.90 Å². The van der Waals surface area contributed by atoms with E-state index in [0.29, 0.717) is 0 Å². The van der Waals surface area contributed by atoms with Crippen molar-refractivity contribution in [1.29, 1.82) is 0 Å². The number of nitrogens with one attached hydrogen (secondary N) is 1. The Labute approximate surface area is 117 Å². The van der Waals surface area contributed by atoms with Gasteiger partial charge in [-0.25, -0.2) is 4.98 Å². The first-order chi connectivity index (χ1) is 9.40. The van der Waals surface area contributed by atoms with Crippen LogP contribution in [0.4, 0.5) is 5.13 Å². The van der Waals surface area contributed by atoms with Gasteiger partial charge >= 0.3 is 0 Å². The van der Waals surface area contributed by atoms with E-state index < -0.39 is 0 Å². The summed E-state index contributed by atoms with van der Waals surface area (Å²) in [7, 11) is 0. The SMILES string of the molecule is c1ccc2sc(N3CCN(C4CNC4)CC3)nc2c1. The van der Waals surface area contributed by atoms with Crippen molar-refractivity contribution >= 4 is 26.7 Å². The number of benzene rings is 1. The van der Waals surface area contributed by atoms with Crippen LogP contribution in [0.25, 0.3) is 10.2 Å². The summed E-state index contributed by atoms with van der Waals surface area (Å²) < 4.78 is 1.29. The van der Waals surface area contributed by atoms with Crippen molar-refractivity contribution in [2.24, 2.45) is 0 Å². The fraction of sp³-hybridized carbons (Fsp3) is 0.500. The minimum Gasteiger partial charge on any atom is -0.345 e. The first-order valence-electron chi connectivity index (χ1n) is 6.95. The highest BCUT2D eigenvalue weighted by Crippen LogP contribution is 2.29. The second-order valence-corrected chi connectivity index (χ2v) is 6.31. The van der Waals surface area contributed by atoms with Crippen LogP contribution in [0, 0.1) is 0 Å². The predicted octanol–water partition coefficient (Wildman–Crippen LogP) is 1.39. The molecule has 2 aliphatic heterocycles. The summed E-state index contributed by atoms with van der Waals surface area (Å²) >= 11 is 1.82. The van der Waals surface area contributed by atoms with Crippen LogP contribution in [0.15, 0.2) is 24.3 Å². The molecule has 4 nitrogen and oxygen atoms in total. The van der Waals surface area contributed by atoms with Gasteiger partial charge < -0.3 is 10.2 Å². The number of fused-ring (bicyclic) bond motifs is 1. The topological polar surface area (TPSA) is 31.4 Å². The Hall–Kier alpha value is -1.17. The third kappa shape index (κ3) is 2.12. The molecule has 0 unspecified atom stereocenters. The van der Waals surface area contributed by atoms with Crippen LogP contribution < -0.4 is 10.2 Å². The molecule has 0 saturated carbocycles. The Morgan fingerprint density at radius 3 is 2.58 bits per heavy atom. The minimum absolute atomic E-state index is 0.775. The molecule has 1 aromatic carbocycles. The molecule has 0 spiro atoms. The van der Waals surface area contributed by atoms with Gasteiger partial charge in [-0.15, -0.1) is 0 Å². The van der Waals surface area contributed by atoms with Crippen LogP contribution in [0.3, 0.4) is 0 Å². The number of para-hydroxylation sites is 1. The number of nitrogens with zero attached hydrogens (tertiary/aromatic N) is 3. The summed E-state index contributed by atoms with van der Waals surface area (Å²) in [4.78, 5) is 9.80. The predicted molar refractivity (Wildman–Crippen MR) is 80.1 cm³/mol. The van der Waals surface area contributed by atoms with E-state index in [1.54, 1.807) is 0 Å². The number of aromatic nitrogens is 1. The fourth-order valence-corrected chi connectivity index (χ4v) is 3.82. The number of piperazine rings is 1. The lowest BCUT2D eigenvalue weighted by Gasteiger charge is -2.43. The summed E-state index contributed by atoms with van der Waals surface area (Å²) in [5.41, 5.74) is 1.13. The molecule has 3 heterocycles. The smallest absolute Gasteiger partial charge is 0.186 e. The van der Waals surface area contributed by atoms with E-state index >= 15 is 0 Å². The summed E-state index contributed by atoms with van der Waals surface area (Å²) in [5.74, 6) is 0. The number of hydrogen-bond donors (Lipinski definition) is 1. The summed E-state index contributed by atoms with van der Waals surface area (Å²) in [6.07, 6.45) is 0. The Balaban J connectivity index is 1.48. The van der Waals surface area contributed by atoms with E-state index in [1.807, 2.05) is 11.3 Å². The maximum absolute atomic E-state index is 4.75. The molecule has 2 aliphatic rings. The number of rotatable bonds is 2. The Kier molecular flexibility index (Phi) is 2.90. The van der Waals surface area contributed by atoms with E-state index in [0.717, 1.165) is 24.6 Å². The molecular weight excluding hydrogens is 256 g/mol. The second-order valence-electron chi connectivity index (χ2n) is 5.30. The third-order valence-electron chi connectivity index (χ3n) is 4.14. The molecule has 0 bridgehead atoms. The monoisotopic (exact) mass is 274 g/mol.